The van der Waals surface area contributed by atoms with Crippen LogP contribution in [-0.2, 0) is 4.79 Å². The van der Waals surface area contributed by atoms with Gasteiger partial charge in [-0.3, -0.25) is 4.79 Å². The molecule has 1 amide bonds. The van der Waals surface area contributed by atoms with Crippen molar-refractivity contribution < 1.29 is 4.79 Å². The Morgan fingerprint density at radius 2 is 1.94 bits per heavy atom. The van der Waals surface area contributed by atoms with Crippen LogP contribution in [0.25, 0.3) is 21.8 Å². The lowest BCUT2D eigenvalue weighted by molar-refractivity contribution is -0.114. The first-order valence-electron chi connectivity index (χ1n) is 5.62. The number of hydrogen-bond donors (Lipinski definition) is 2. The second kappa shape index (κ2) is 4.03. The highest BCUT2D eigenvalue weighted by molar-refractivity contribution is 6.31. The van der Waals surface area contributed by atoms with Crippen LogP contribution in [0.15, 0.2) is 36.4 Å². The maximum absolute atomic E-state index is 11.0. The molecule has 0 bridgehead atoms. The highest BCUT2D eigenvalue weighted by Gasteiger charge is 2.06. The van der Waals surface area contributed by atoms with E-state index in [9.17, 15) is 4.79 Å². The Kier molecular flexibility index (Phi) is 2.49. The predicted molar refractivity (Wildman–Crippen MR) is 75.1 cm³/mol. The van der Waals surface area contributed by atoms with Crippen LogP contribution in [0.3, 0.4) is 0 Å². The minimum Gasteiger partial charge on any atom is -0.354 e. The van der Waals surface area contributed by atoms with E-state index in [1.807, 2.05) is 36.4 Å². The van der Waals surface area contributed by atoms with Crippen molar-refractivity contribution in [3.05, 3.63) is 41.4 Å². The summed E-state index contributed by atoms with van der Waals surface area (Å²) in [5, 5.41) is 5.67. The number of fused-ring (bicyclic) bond motifs is 3. The summed E-state index contributed by atoms with van der Waals surface area (Å²) >= 11 is 6.01. The molecule has 1 aromatic heterocycles. The minimum atomic E-state index is -0.0755. The van der Waals surface area contributed by atoms with Crippen LogP contribution < -0.4 is 5.32 Å². The van der Waals surface area contributed by atoms with Crippen molar-refractivity contribution in [2.75, 3.05) is 5.32 Å². The lowest BCUT2D eigenvalue weighted by Gasteiger charge is -2.01. The third-order valence-electron chi connectivity index (χ3n) is 2.88. The van der Waals surface area contributed by atoms with Gasteiger partial charge in [-0.25, -0.2) is 0 Å². The van der Waals surface area contributed by atoms with Crippen molar-refractivity contribution in [3.8, 4) is 0 Å². The molecule has 3 aromatic rings. The summed E-state index contributed by atoms with van der Waals surface area (Å²) in [6.45, 7) is 1.50. The van der Waals surface area contributed by atoms with E-state index in [4.69, 9.17) is 11.6 Å². The molecule has 90 valence electrons. The van der Waals surface area contributed by atoms with Crippen LogP contribution in [0.1, 0.15) is 6.92 Å². The van der Waals surface area contributed by atoms with Gasteiger partial charge in [0.1, 0.15) is 0 Å². The first-order chi connectivity index (χ1) is 8.63. The van der Waals surface area contributed by atoms with Crippen molar-refractivity contribution in [3.63, 3.8) is 0 Å². The number of aromatic amines is 1. The predicted octanol–water partition coefficient (Wildman–Crippen LogP) is 3.93. The molecule has 3 rings (SSSR count). The van der Waals surface area contributed by atoms with Gasteiger partial charge in [0.05, 0.1) is 0 Å². The largest absolute Gasteiger partial charge is 0.354 e. The molecule has 0 atom stereocenters. The first-order valence-corrected chi connectivity index (χ1v) is 6.00. The summed E-state index contributed by atoms with van der Waals surface area (Å²) in [6, 6.07) is 11.5. The Morgan fingerprint density at radius 3 is 2.72 bits per heavy atom. The van der Waals surface area contributed by atoms with E-state index in [0.29, 0.717) is 5.02 Å². The summed E-state index contributed by atoms with van der Waals surface area (Å²) < 4.78 is 0. The van der Waals surface area contributed by atoms with E-state index in [1.54, 1.807) is 0 Å². The monoisotopic (exact) mass is 258 g/mol. The van der Waals surface area contributed by atoms with Crippen LogP contribution >= 0.6 is 11.6 Å². The molecule has 0 saturated heterocycles. The van der Waals surface area contributed by atoms with E-state index in [2.05, 4.69) is 10.3 Å². The van der Waals surface area contributed by atoms with Crippen LogP contribution in [0.4, 0.5) is 5.69 Å². The van der Waals surface area contributed by atoms with E-state index in [0.717, 1.165) is 27.5 Å². The van der Waals surface area contributed by atoms with Gasteiger partial charge in [-0.05, 0) is 30.3 Å². The Morgan fingerprint density at radius 1 is 1.11 bits per heavy atom. The Balaban J connectivity index is 2.23. The average molecular weight is 259 g/mol. The normalized spacial score (nSPS) is 11.0. The number of carbonyl (C=O) groups excluding carboxylic acids is 1. The second-order valence-corrected chi connectivity index (χ2v) is 4.69. The number of halogens is 1. The lowest BCUT2D eigenvalue weighted by Crippen LogP contribution is -2.05. The Bertz CT molecular complexity index is 761. The minimum absolute atomic E-state index is 0.0755. The van der Waals surface area contributed by atoms with Crippen LogP contribution in [0.5, 0.6) is 0 Å². The Labute approximate surface area is 109 Å². The number of rotatable bonds is 1. The molecule has 0 spiro atoms. The number of H-pyrrole nitrogens is 1. The van der Waals surface area contributed by atoms with E-state index in [1.165, 1.54) is 6.92 Å². The van der Waals surface area contributed by atoms with Gasteiger partial charge in [-0.1, -0.05) is 17.7 Å². The fraction of sp³-hybridized carbons (Fsp3) is 0.0714. The van der Waals surface area contributed by atoms with Gasteiger partial charge in [0.25, 0.3) is 0 Å². The van der Waals surface area contributed by atoms with E-state index >= 15 is 0 Å². The number of benzene rings is 2. The second-order valence-electron chi connectivity index (χ2n) is 4.26. The number of nitrogens with one attached hydrogen (secondary N) is 2. The molecule has 0 aliphatic heterocycles. The van der Waals surface area contributed by atoms with Crippen molar-refractivity contribution in [1.29, 1.82) is 0 Å². The van der Waals surface area contributed by atoms with Gasteiger partial charge in [-0.15, -0.1) is 0 Å². The van der Waals surface area contributed by atoms with Gasteiger partial charge in [-0.2, -0.15) is 0 Å². The molecular weight excluding hydrogens is 248 g/mol. The fourth-order valence-corrected chi connectivity index (χ4v) is 2.33. The third-order valence-corrected chi connectivity index (χ3v) is 3.12. The summed E-state index contributed by atoms with van der Waals surface area (Å²) in [6.07, 6.45) is 0. The van der Waals surface area contributed by atoms with Crippen LogP contribution in [0, 0.1) is 0 Å². The summed E-state index contributed by atoms with van der Waals surface area (Å²) in [5.74, 6) is -0.0755. The molecule has 0 aliphatic rings. The maximum atomic E-state index is 11.0. The highest BCUT2D eigenvalue weighted by atomic mass is 35.5. The molecule has 3 nitrogen and oxygen atoms in total. The zero-order valence-corrected chi connectivity index (χ0v) is 10.5. The van der Waals surface area contributed by atoms with Crippen molar-refractivity contribution in [1.82, 2.24) is 4.98 Å². The van der Waals surface area contributed by atoms with Crippen molar-refractivity contribution in [2.45, 2.75) is 6.92 Å². The van der Waals surface area contributed by atoms with Gasteiger partial charge in [0, 0.05) is 39.4 Å². The van der Waals surface area contributed by atoms with Gasteiger partial charge >= 0.3 is 0 Å². The number of hydrogen-bond acceptors (Lipinski definition) is 1. The Hall–Kier alpha value is -2.00. The lowest BCUT2D eigenvalue weighted by atomic mass is 10.1. The third kappa shape index (κ3) is 1.83. The van der Waals surface area contributed by atoms with Gasteiger partial charge < -0.3 is 10.3 Å². The molecule has 0 unspecified atom stereocenters. The molecule has 18 heavy (non-hydrogen) atoms. The number of carbonyl (C=O) groups is 1. The SMILES string of the molecule is CC(=O)Nc1ccc2c(c1)[nH]c1ccc(Cl)cc12. The molecule has 2 aromatic carbocycles. The van der Waals surface area contributed by atoms with E-state index < -0.39 is 0 Å². The number of amides is 1. The molecule has 0 fully saturated rings. The van der Waals surface area contributed by atoms with E-state index in [-0.39, 0.29) is 5.91 Å². The van der Waals surface area contributed by atoms with Crippen molar-refractivity contribution in [2.24, 2.45) is 0 Å². The molecule has 0 aliphatic carbocycles. The molecular formula is C14H11ClN2O. The van der Waals surface area contributed by atoms with Crippen LogP contribution in [-0.4, -0.2) is 10.9 Å². The quantitative estimate of drug-likeness (QED) is 0.682. The summed E-state index contributed by atoms with van der Waals surface area (Å²) in [7, 11) is 0. The van der Waals surface area contributed by atoms with Crippen LogP contribution in [0.2, 0.25) is 5.02 Å². The summed E-state index contributed by atoms with van der Waals surface area (Å²) in [5.41, 5.74) is 2.81. The summed E-state index contributed by atoms with van der Waals surface area (Å²) in [4.78, 5) is 14.3. The zero-order chi connectivity index (χ0) is 12.7. The average Bonchev–Trinajstić information content (AvgIpc) is 2.65. The smallest absolute Gasteiger partial charge is 0.221 e. The standard InChI is InChI=1S/C14H11ClN2O/c1-8(18)16-10-3-4-11-12-6-9(15)2-5-13(12)17-14(11)7-10/h2-7,17H,1H3,(H,16,18). The topological polar surface area (TPSA) is 44.9 Å². The maximum Gasteiger partial charge on any atom is 0.221 e. The zero-order valence-electron chi connectivity index (χ0n) is 9.75. The van der Waals surface area contributed by atoms with Gasteiger partial charge in [0.2, 0.25) is 5.91 Å². The molecule has 1 heterocycles. The first kappa shape index (κ1) is 11.1. The fourth-order valence-electron chi connectivity index (χ4n) is 2.16. The molecule has 0 radical (unpaired) electrons. The van der Waals surface area contributed by atoms with Gasteiger partial charge in [0.15, 0.2) is 0 Å². The molecule has 0 saturated carbocycles. The molecule has 2 N–H and O–H groups in total. The van der Waals surface area contributed by atoms with Crippen molar-refractivity contribution >= 4 is 45.0 Å². The highest BCUT2D eigenvalue weighted by Crippen LogP contribution is 2.29. The number of anilines is 1. The molecule has 4 heteroatoms. The number of aromatic nitrogens is 1.